The van der Waals surface area contributed by atoms with E-state index in [0.717, 1.165) is 19.5 Å². The molecule has 0 amide bonds. The van der Waals surface area contributed by atoms with E-state index in [-0.39, 0.29) is 12.4 Å². The third-order valence-electron chi connectivity index (χ3n) is 4.12. The third-order valence-corrected chi connectivity index (χ3v) is 4.12. The minimum absolute atomic E-state index is 0. The molecule has 0 radical (unpaired) electrons. The highest BCUT2D eigenvalue weighted by atomic mass is 35.5. The molecule has 0 spiro atoms. The number of pyridine rings is 1. The summed E-state index contributed by atoms with van der Waals surface area (Å²) in [5.74, 6) is 0. The Morgan fingerprint density at radius 3 is 2.81 bits per heavy atom. The molecule has 1 N–H and O–H groups in total. The molecule has 2 aromatic heterocycles. The summed E-state index contributed by atoms with van der Waals surface area (Å²) in [7, 11) is 0. The fourth-order valence-corrected chi connectivity index (χ4v) is 3.12. The van der Waals surface area contributed by atoms with Gasteiger partial charge in [-0.2, -0.15) is 0 Å². The van der Waals surface area contributed by atoms with Gasteiger partial charge in [0, 0.05) is 30.4 Å². The number of nitrogens with zero attached hydrogens (tertiary/aromatic N) is 2. The second-order valence-corrected chi connectivity index (χ2v) is 5.52. The van der Waals surface area contributed by atoms with Crippen LogP contribution < -0.4 is 4.90 Å². The Bertz CT molecular complexity index is 779. The number of benzene rings is 1. The van der Waals surface area contributed by atoms with Gasteiger partial charge in [0.1, 0.15) is 0 Å². The van der Waals surface area contributed by atoms with Gasteiger partial charge in [-0.15, -0.1) is 12.4 Å². The lowest BCUT2D eigenvalue weighted by atomic mass is 9.99. The van der Waals surface area contributed by atoms with Crippen molar-refractivity contribution < 1.29 is 0 Å². The van der Waals surface area contributed by atoms with Gasteiger partial charge < -0.3 is 9.88 Å². The minimum atomic E-state index is 0. The molecule has 3 aromatic rings. The van der Waals surface area contributed by atoms with Crippen LogP contribution in [0.1, 0.15) is 16.8 Å². The molecule has 3 nitrogen and oxygen atoms in total. The Morgan fingerprint density at radius 2 is 1.95 bits per heavy atom. The Balaban J connectivity index is 0.00000132. The van der Waals surface area contributed by atoms with E-state index in [1.165, 1.54) is 33.4 Å². The Hall–Kier alpha value is -2.00. The van der Waals surface area contributed by atoms with E-state index in [0.29, 0.717) is 0 Å². The summed E-state index contributed by atoms with van der Waals surface area (Å²) in [4.78, 5) is 10.3. The third kappa shape index (κ3) is 2.38. The van der Waals surface area contributed by atoms with Crippen LogP contribution in [-0.2, 0) is 13.0 Å². The number of halogens is 1. The quantitative estimate of drug-likeness (QED) is 0.740. The molecular weight excluding hydrogens is 282 g/mol. The molecule has 21 heavy (non-hydrogen) atoms. The number of rotatable bonds is 1. The van der Waals surface area contributed by atoms with Gasteiger partial charge in [-0.3, -0.25) is 4.98 Å². The molecule has 1 aliphatic rings. The van der Waals surface area contributed by atoms with Crippen molar-refractivity contribution >= 4 is 29.0 Å². The summed E-state index contributed by atoms with van der Waals surface area (Å²) in [5.41, 5.74) is 6.51. The largest absolute Gasteiger partial charge is 0.364 e. The van der Waals surface area contributed by atoms with Crippen molar-refractivity contribution in [3.05, 3.63) is 59.5 Å². The first-order valence-corrected chi connectivity index (χ1v) is 7.06. The van der Waals surface area contributed by atoms with E-state index >= 15 is 0 Å². The van der Waals surface area contributed by atoms with Crippen LogP contribution in [0, 0.1) is 6.92 Å². The van der Waals surface area contributed by atoms with Crippen molar-refractivity contribution in [3.63, 3.8) is 0 Å². The van der Waals surface area contributed by atoms with Gasteiger partial charge in [0.25, 0.3) is 0 Å². The monoisotopic (exact) mass is 299 g/mol. The van der Waals surface area contributed by atoms with E-state index in [1.807, 2.05) is 12.4 Å². The lowest BCUT2D eigenvalue weighted by molar-refractivity contribution is 0.732. The van der Waals surface area contributed by atoms with Crippen LogP contribution in [-0.4, -0.2) is 16.5 Å². The molecule has 0 fully saturated rings. The Labute approximate surface area is 130 Å². The summed E-state index contributed by atoms with van der Waals surface area (Å²) >= 11 is 0. The summed E-state index contributed by atoms with van der Waals surface area (Å²) in [6.07, 6.45) is 5.01. The van der Waals surface area contributed by atoms with Gasteiger partial charge in [-0.1, -0.05) is 24.3 Å². The van der Waals surface area contributed by atoms with Gasteiger partial charge in [-0.05, 0) is 30.5 Å². The number of hydrogen-bond donors (Lipinski definition) is 1. The maximum Gasteiger partial charge on any atom is 0.0801 e. The van der Waals surface area contributed by atoms with E-state index in [2.05, 4.69) is 52.1 Å². The summed E-state index contributed by atoms with van der Waals surface area (Å²) < 4.78 is 0. The van der Waals surface area contributed by atoms with E-state index in [9.17, 15) is 0 Å². The standard InChI is InChI=1S/C17H17N3.ClH/c1-12-8-15-9-18-10-16(17(15)19-12)20-7-6-13-4-2-3-5-14(13)11-20;/h2-5,8-10,19H,6-7,11H2,1H3;1H. The molecule has 4 heteroatoms. The second-order valence-electron chi connectivity index (χ2n) is 5.52. The number of aryl methyl sites for hydroxylation is 1. The molecule has 1 aliphatic heterocycles. The average molecular weight is 300 g/mol. The molecule has 3 heterocycles. The molecule has 0 saturated heterocycles. The lowest BCUT2D eigenvalue weighted by Gasteiger charge is -2.30. The normalized spacial score (nSPS) is 13.9. The van der Waals surface area contributed by atoms with Crippen LogP contribution >= 0.6 is 12.4 Å². The number of fused-ring (bicyclic) bond motifs is 2. The van der Waals surface area contributed by atoms with Crippen molar-refractivity contribution in [2.45, 2.75) is 19.9 Å². The molecular formula is C17H18ClN3. The van der Waals surface area contributed by atoms with Crippen molar-refractivity contribution in [2.24, 2.45) is 0 Å². The average Bonchev–Trinajstić information content (AvgIpc) is 2.86. The van der Waals surface area contributed by atoms with Crippen LogP contribution in [0.15, 0.2) is 42.7 Å². The first-order chi connectivity index (χ1) is 9.81. The highest BCUT2D eigenvalue weighted by Crippen LogP contribution is 2.29. The number of H-pyrrole nitrogens is 1. The molecule has 108 valence electrons. The van der Waals surface area contributed by atoms with Crippen LogP contribution in [0.4, 0.5) is 5.69 Å². The van der Waals surface area contributed by atoms with Gasteiger partial charge in [0.2, 0.25) is 0 Å². The maximum absolute atomic E-state index is 4.40. The van der Waals surface area contributed by atoms with Gasteiger partial charge in [0.05, 0.1) is 17.4 Å². The lowest BCUT2D eigenvalue weighted by Crippen LogP contribution is -2.30. The zero-order valence-electron chi connectivity index (χ0n) is 12.0. The van der Waals surface area contributed by atoms with Crippen molar-refractivity contribution in [1.82, 2.24) is 9.97 Å². The summed E-state index contributed by atoms with van der Waals surface area (Å²) in [6, 6.07) is 10.9. The zero-order valence-corrected chi connectivity index (χ0v) is 12.8. The van der Waals surface area contributed by atoms with Gasteiger partial charge in [0.15, 0.2) is 0 Å². The second kappa shape index (κ2) is 5.41. The Kier molecular flexibility index (Phi) is 3.60. The van der Waals surface area contributed by atoms with E-state index in [4.69, 9.17) is 0 Å². The van der Waals surface area contributed by atoms with Gasteiger partial charge >= 0.3 is 0 Å². The first kappa shape index (κ1) is 14.0. The first-order valence-electron chi connectivity index (χ1n) is 7.06. The highest BCUT2D eigenvalue weighted by molar-refractivity contribution is 5.91. The van der Waals surface area contributed by atoms with Crippen molar-refractivity contribution in [1.29, 1.82) is 0 Å². The van der Waals surface area contributed by atoms with Crippen LogP contribution in [0.5, 0.6) is 0 Å². The number of aromatic nitrogens is 2. The Morgan fingerprint density at radius 1 is 1.14 bits per heavy atom. The predicted molar refractivity (Wildman–Crippen MR) is 89.3 cm³/mol. The predicted octanol–water partition coefficient (Wildman–Crippen LogP) is 3.86. The fraction of sp³-hybridized carbons (Fsp3) is 0.235. The number of aromatic amines is 1. The number of nitrogens with one attached hydrogen (secondary N) is 1. The summed E-state index contributed by atoms with van der Waals surface area (Å²) in [6.45, 7) is 4.11. The van der Waals surface area contributed by atoms with Gasteiger partial charge in [-0.25, -0.2) is 0 Å². The molecule has 0 aliphatic carbocycles. The molecule has 0 unspecified atom stereocenters. The smallest absolute Gasteiger partial charge is 0.0801 e. The number of anilines is 1. The van der Waals surface area contributed by atoms with Crippen LogP contribution in [0.3, 0.4) is 0 Å². The van der Waals surface area contributed by atoms with E-state index < -0.39 is 0 Å². The SMILES string of the molecule is Cc1cc2cncc(N3CCc4ccccc4C3)c2[nH]1.Cl. The molecule has 0 atom stereocenters. The zero-order chi connectivity index (χ0) is 13.5. The molecule has 4 rings (SSSR count). The molecule has 1 aromatic carbocycles. The number of hydrogen-bond acceptors (Lipinski definition) is 2. The van der Waals surface area contributed by atoms with E-state index in [1.54, 1.807) is 0 Å². The van der Waals surface area contributed by atoms with Crippen LogP contribution in [0.25, 0.3) is 10.9 Å². The maximum atomic E-state index is 4.40. The molecule has 0 bridgehead atoms. The van der Waals surface area contributed by atoms with Crippen molar-refractivity contribution in [2.75, 3.05) is 11.4 Å². The fourth-order valence-electron chi connectivity index (χ4n) is 3.12. The summed E-state index contributed by atoms with van der Waals surface area (Å²) in [5, 5.41) is 1.19. The topological polar surface area (TPSA) is 31.9 Å². The van der Waals surface area contributed by atoms with Crippen LogP contribution in [0.2, 0.25) is 0 Å². The molecule has 0 saturated carbocycles. The van der Waals surface area contributed by atoms with Crippen molar-refractivity contribution in [3.8, 4) is 0 Å². The highest BCUT2D eigenvalue weighted by Gasteiger charge is 2.18. The minimum Gasteiger partial charge on any atom is -0.364 e.